The molecule has 0 saturated heterocycles. The molecule has 0 aromatic carbocycles. The summed E-state index contributed by atoms with van der Waals surface area (Å²) in [4.78, 5) is 4.07. The van der Waals surface area contributed by atoms with E-state index in [1.807, 2.05) is 26.4 Å². The van der Waals surface area contributed by atoms with E-state index < -0.39 is 0 Å². The van der Waals surface area contributed by atoms with Crippen LogP contribution >= 0.6 is 15.9 Å². The fourth-order valence-corrected chi connectivity index (χ4v) is 2.69. The molecule has 0 radical (unpaired) electrons. The van der Waals surface area contributed by atoms with Gasteiger partial charge in [-0.05, 0) is 54.5 Å². The molecule has 19 heavy (non-hydrogen) atoms. The van der Waals surface area contributed by atoms with Crippen LogP contribution in [0.1, 0.15) is 29.9 Å². The average Bonchev–Trinajstić information content (AvgIpc) is 2.72. The Kier molecular flexibility index (Phi) is 4.71. The molecule has 2 heterocycles. The van der Waals surface area contributed by atoms with Crippen molar-refractivity contribution in [3.63, 3.8) is 0 Å². The van der Waals surface area contributed by atoms with Crippen molar-refractivity contribution in [1.82, 2.24) is 20.1 Å². The molecule has 5 heteroatoms. The Hall–Kier alpha value is -1.20. The van der Waals surface area contributed by atoms with Gasteiger partial charge in [0.15, 0.2) is 0 Å². The maximum absolute atomic E-state index is 4.54. The van der Waals surface area contributed by atoms with Gasteiger partial charge in [0.25, 0.3) is 0 Å². The summed E-state index contributed by atoms with van der Waals surface area (Å²) in [5.74, 6) is 0. The van der Waals surface area contributed by atoms with Crippen LogP contribution in [0.5, 0.6) is 0 Å². The van der Waals surface area contributed by atoms with Crippen LogP contribution in [0.3, 0.4) is 0 Å². The molecule has 1 unspecified atom stereocenters. The summed E-state index contributed by atoms with van der Waals surface area (Å²) in [5, 5.41) is 7.90. The standard InChI is InChI=1S/C14H19BrN4/c1-4-19-13(14(15)10(2)18-19)9-12(16-3)11-5-7-17-8-6-11/h5-8,12,16H,4,9H2,1-3H3. The number of aromatic nitrogens is 3. The summed E-state index contributed by atoms with van der Waals surface area (Å²) >= 11 is 3.65. The molecule has 1 N–H and O–H groups in total. The summed E-state index contributed by atoms with van der Waals surface area (Å²) in [6.45, 7) is 5.03. The largest absolute Gasteiger partial charge is 0.313 e. The number of aryl methyl sites for hydroxylation is 2. The summed E-state index contributed by atoms with van der Waals surface area (Å²) in [6, 6.07) is 4.36. The summed E-state index contributed by atoms with van der Waals surface area (Å²) in [6.07, 6.45) is 4.56. The average molecular weight is 323 g/mol. The summed E-state index contributed by atoms with van der Waals surface area (Å²) in [7, 11) is 1.98. The minimum Gasteiger partial charge on any atom is -0.313 e. The minimum atomic E-state index is 0.265. The lowest BCUT2D eigenvalue weighted by Gasteiger charge is -2.17. The third kappa shape index (κ3) is 3.04. The molecule has 4 nitrogen and oxygen atoms in total. The number of pyridine rings is 1. The highest BCUT2D eigenvalue weighted by molar-refractivity contribution is 9.10. The van der Waals surface area contributed by atoms with Crippen molar-refractivity contribution in [2.75, 3.05) is 7.05 Å². The molecular weight excluding hydrogens is 304 g/mol. The van der Waals surface area contributed by atoms with Gasteiger partial charge in [-0.1, -0.05) is 0 Å². The van der Waals surface area contributed by atoms with Crippen molar-refractivity contribution < 1.29 is 0 Å². The van der Waals surface area contributed by atoms with E-state index in [1.165, 1.54) is 11.3 Å². The topological polar surface area (TPSA) is 42.7 Å². The highest BCUT2D eigenvalue weighted by Crippen LogP contribution is 2.26. The number of hydrogen-bond acceptors (Lipinski definition) is 3. The molecule has 1 atom stereocenters. The van der Waals surface area contributed by atoms with Gasteiger partial charge in [0, 0.05) is 31.4 Å². The zero-order valence-electron chi connectivity index (χ0n) is 11.5. The molecule has 2 rings (SSSR count). The van der Waals surface area contributed by atoms with Crippen molar-refractivity contribution in [2.45, 2.75) is 32.9 Å². The van der Waals surface area contributed by atoms with Crippen molar-refractivity contribution in [3.8, 4) is 0 Å². The molecule has 0 spiro atoms. The van der Waals surface area contributed by atoms with Crippen LogP contribution < -0.4 is 5.32 Å². The second-order valence-corrected chi connectivity index (χ2v) is 5.28. The highest BCUT2D eigenvalue weighted by Gasteiger charge is 2.17. The SMILES string of the molecule is CCn1nc(C)c(Br)c1CC(NC)c1ccncc1. The number of nitrogens with one attached hydrogen (secondary N) is 1. The van der Waals surface area contributed by atoms with Gasteiger partial charge in [0.05, 0.1) is 15.9 Å². The molecule has 2 aromatic heterocycles. The normalized spacial score (nSPS) is 12.6. The van der Waals surface area contributed by atoms with Gasteiger partial charge in [-0.25, -0.2) is 0 Å². The lowest BCUT2D eigenvalue weighted by atomic mass is 10.0. The Labute approximate surface area is 122 Å². The van der Waals surface area contributed by atoms with Crippen LogP contribution in [0.2, 0.25) is 0 Å². The smallest absolute Gasteiger partial charge is 0.0738 e. The predicted molar refractivity (Wildman–Crippen MR) is 80.1 cm³/mol. The number of hydrogen-bond donors (Lipinski definition) is 1. The molecule has 2 aromatic rings. The van der Waals surface area contributed by atoms with Crippen LogP contribution in [-0.4, -0.2) is 21.8 Å². The third-order valence-electron chi connectivity index (χ3n) is 3.31. The van der Waals surface area contributed by atoms with Gasteiger partial charge < -0.3 is 5.32 Å². The second kappa shape index (κ2) is 6.30. The first-order chi connectivity index (χ1) is 9.17. The lowest BCUT2D eigenvalue weighted by molar-refractivity contribution is 0.539. The first-order valence-corrected chi connectivity index (χ1v) is 7.25. The Morgan fingerprint density at radius 3 is 2.63 bits per heavy atom. The maximum atomic E-state index is 4.54. The number of likely N-dealkylation sites (N-methyl/N-ethyl adjacent to an activating group) is 1. The monoisotopic (exact) mass is 322 g/mol. The number of rotatable bonds is 5. The molecule has 0 fully saturated rings. The van der Waals surface area contributed by atoms with Gasteiger partial charge >= 0.3 is 0 Å². The van der Waals surface area contributed by atoms with Gasteiger partial charge in [-0.3, -0.25) is 9.67 Å². The highest BCUT2D eigenvalue weighted by atomic mass is 79.9. The molecule has 0 amide bonds. The fourth-order valence-electron chi connectivity index (χ4n) is 2.24. The van der Waals surface area contributed by atoms with E-state index in [9.17, 15) is 0 Å². The molecule has 0 aliphatic heterocycles. The molecular formula is C14H19BrN4. The van der Waals surface area contributed by atoms with E-state index in [0.29, 0.717) is 0 Å². The van der Waals surface area contributed by atoms with E-state index in [1.54, 1.807) is 0 Å². The zero-order valence-corrected chi connectivity index (χ0v) is 13.1. The van der Waals surface area contributed by atoms with E-state index in [4.69, 9.17) is 0 Å². The zero-order chi connectivity index (χ0) is 13.8. The summed E-state index contributed by atoms with van der Waals surface area (Å²) in [5.41, 5.74) is 3.52. The Balaban J connectivity index is 2.29. The molecule has 0 bridgehead atoms. The van der Waals surface area contributed by atoms with Gasteiger partial charge in [-0.2, -0.15) is 5.10 Å². The molecule has 102 valence electrons. The van der Waals surface area contributed by atoms with E-state index in [-0.39, 0.29) is 6.04 Å². The Morgan fingerprint density at radius 1 is 1.37 bits per heavy atom. The van der Waals surface area contributed by atoms with Gasteiger partial charge in [0.2, 0.25) is 0 Å². The van der Waals surface area contributed by atoms with Crippen LogP contribution in [0.25, 0.3) is 0 Å². The van der Waals surface area contributed by atoms with Crippen molar-refractivity contribution in [1.29, 1.82) is 0 Å². The quantitative estimate of drug-likeness (QED) is 0.920. The molecule has 0 aliphatic carbocycles. The molecule has 0 aliphatic rings. The van der Waals surface area contributed by atoms with E-state index in [0.717, 1.165) is 23.1 Å². The van der Waals surface area contributed by atoms with Crippen LogP contribution in [0.4, 0.5) is 0 Å². The fraction of sp³-hybridized carbons (Fsp3) is 0.429. The van der Waals surface area contributed by atoms with Crippen LogP contribution in [0.15, 0.2) is 29.0 Å². The van der Waals surface area contributed by atoms with Crippen molar-refractivity contribution in [3.05, 3.63) is 46.0 Å². The van der Waals surface area contributed by atoms with Crippen molar-refractivity contribution >= 4 is 15.9 Å². The predicted octanol–water partition coefficient (Wildman–Crippen LogP) is 2.87. The van der Waals surface area contributed by atoms with Gasteiger partial charge in [0.1, 0.15) is 0 Å². The minimum absolute atomic E-state index is 0.265. The maximum Gasteiger partial charge on any atom is 0.0738 e. The van der Waals surface area contributed by atoms with E-state index >= 15 is 0 Å². The summed E-state index contributed by atoms with van der Waals surface area (Å²) < 4.78 is 3.17. The first-order valence-electron chi connectivity index (χ1n) is 6.46. The van der Waals surface area contributed by atoms with Gasteiger partial charge in [-0.15, -0.1) is 0 Å². The second-order valence-electron chi connectivity index (χ2n) is 4.49. The van der Waals surface area contributed by atoms with E-state index in [2.05, 4.69) is 55.1 Å². The third-order valence-corrected chi connectivity index (χ3v) is 4.34. The Bertz CT molecular complexity index is 536. The van der Waals surface area contributed by atoms with Crippen LogP contribution in [0, 0.1) is 6.92 Å². The Morgan fingerprint density at radius 2 is 2.05 bits per heavy atom. The first kappa shape index (κ1) is 14.2. The molecule has 0 saturated carbocycles. The van der Waals surface area contributed by atoms with Crippen molar-refractivity contribution in [2.24, 2.45) is 0 Å². The number of halogens is 1. The van der Waals surface area contributed by atoms with Crippen LogP contribution in [-0.2, 0) is 13.0 Å². The lowest BCUT2D eigenvalue weighted by Crippen LogP contribution is -2.20. The number of nitrogens with zero attached hydrogens (tertiary/aromatic N) is 3.